The molecule has 3 N–H and O–H groups in total. The van der Waals surface area contributed by atoms with E-state index in [1.807, 2.05) is 0 Å². The number of hydrogen-bond acceptors (Lipinski definition) is 3. The number of rotatable bonds is 6. The number of nitrogens with one attached hydrogen (secondary N) is 1. The van der Waals surface area contributed by atoms with Crippen molar-refractivity contribution in [3.63, 3.8) is 0 Å². The van der Waals surface area contributed by atoms with Gasteiger partial charge in [-0.3, -0.25) is 0 Å². The monoisotopic (exact) mass is 369 g/mol. The SMILES string of the molecule is C/C(N)=C(/C=N/C(F)F)c1ccc(NCc2c(F)cccc2F)cc1F. The van der Waals surface area contributed by atoms with Gasteiger partial charge in [-0.15, -0.1) is 0 Å². The van der Waals surface area contributed by atoms with Crippen molar-refractivity contribution >= 4 is 17.5 Å². The zero-order valence-electron chi connectivity index (χ0n) is 13.7. The van der Waals surface area contributed by atoms with Gasteiger partial charge in [-0.25, -0.2) is 18.2 Å². The lowest BCUT2D eigenvalue weighted by Gasteiger charge is -2.11. The van der Waals surface area contributed by atoms with Crippen LogP contribution in [0.5, 0.6) is 0 Å². The van der Waals surface area contributed by atoms with E-state index in [1.54, 1.807) is 0 Å². The number of allylic oxidation sites excluding steroid dienone is 2. The molecule has 0 aliphatic carbocycles. The Balaban J connectivity index is 2.22. The average Bonchev–Trinajstić information content (AvgIpc) is 2.55. The van der Waals surface area contributed by atoms with Crippen molar-refractivity contribution in [2.45, 2.75) is 20.0 Å². The lowest BCUT2D eigenvalue weighted by atomic mass is 10.0. The minimum Gasteiger partial charge on any atom is -0.402 e. The molecule has 0 fully saturated rings. The molecule has 2 rings (SSSR count). The summed E-state index contributed by atoms with van der Waals surface area (Å²) < 4.78 is 66.0. The second-order valence-corrected chi connectivity index (χ2v) is 5.40. The fraction of sp³-hybridized carbons (Fsp3) is 0.167. The van der Waals surface area contributed by atoms with E-state index in [9.17, 15) is 22.0 Å². The van der Waals surface area contributed by atoms with Crippen LogP contribution >= 0.6 is 0 Å². The molecule has 0 spiro atoms. The summed E-state index contributed by atoms with van der Waals surface area (Å²) in [4.78, 5) is 2.92. The number of aliphatic imine (C=N–C) groups is 1. The molecule has 0 radical (unpaired) electrons. The fourth-order valence-electron chi connectivity index (χ4n) is 2.25. The molecular formula is C18H16F5N3. The van der Waals surface area contributed by atoms with Gasteiger partial charge in [0.2, 0.25) is 0 Å². The van der Waals surface area contributed by atoms with Crippen molar-refractivity contribution in [1.29, 1.82) is 0 Å². The maximum absolute atomic E-state index is 14.3. The number of anilines is 1. The Labute approximate surface area is 147 Å². The zero-order chi connectivity index (χ0) is 19.3. The molecule has 0 saturated carbocycles. The molecule has 0 unspecified atom stereocenters. The van der Waals surface area contributed by atoms with Crippen molar-refractivity contribution in [3.05, 3.63) is 70.7 Å². The molecule has 2 aromatic rings. The topological polar surface area (TPSA) is 50.4 Å². The van der Waals surface area contributed by atoms with E-state index in [1.165, 1.54) is 25.1 Å². The first-order valence-electron chi connectivity index (χ1n) is 7.54. The standard InChI is InChI=1S/C18H16F5N3/c1-10(24)13(8-26-18(22)23)12-6-5-11(7-17(12)21)25-9-14-15(19)3-2-4-16(14)20/h2-8,18,25H,9,24H2,1H3/b13-10+,26-8+. The van der Waals surface area contributed by atoms with Gasteiger partial charge in [0, 0.05) is 40.8 Å². The molecule has 0 aliphatic heterocycles. The summed E-state index contributed by atoms with van der Waals surface area (Å²) in [6.45, 7) is -1.70. The van der Waals surface area contributed by atoms with Gasteiger partial charge in [-0.05, 0) is 37.3 Å². The van der Waals surface area contributed by atoms with Crippen LogP contribution in [0.1, 0.15) is 18.1 Å². The molecule has 0 atom stereocenters. The van der Waals surface area contributed by atoms with E-state index in [-0.39, 0.29) is 34.6 Å². The summed E-state index contributed by atoms with van der Waals surface area (Å²) in [5, 5.41) is 2.71. The highest BCUT2D eigenvalue weighted by Crippen LogP contribution is 2.23. The third kappa shape index (κ3) is 4.81. The highest BCUT2D eigenvalue weighted by molar-refractivity contribution is 6.10. The predicted octanol–water partition coefficient (Wildman–Crippen LogP) is 4.70. The van der Waals surface area contributed by atoms with Crippen molar-refractivity contribution in [3.8, 4) is 0 Å². The number of nitrogens with two attached hydrogens (primary N) is 1. The van der Waals surface area contributed by atoms with Crippen LogP contribution in [0, 0.1) is 17.5 Å². The summed E-state index contributed by atoms with van der Waals surface area (Å²) in [5.41, 5.74) is 5.80. The molecule has 0 amide bonds. The maximum atomic E-state index is 14.3. The second kappa shape index (κ2) is 8.46. The molecule has 2 aromatic carbocycles. The van der Waals surface area contributed by atoms with Crippen LogP contribution in [0.15, 0.2) is 47.1 Å². The number of halogens is 5. The Kier molecular flexibility index (Phi) is 6.32. The highest BCUT2D eigenvalue weighted by atomic mass is 19.3. The summed E-state index contributed by atoms with van der Waals surface area (Å²) in [7, 11) is 0. The van der Waals surface area contributed by atoms with Crippen molar-refractivity contribution in [1.82, 2.24) is 0 Å². The predicted molar refractivity (Wildman–Crippen MR) is 91.4 cm³/mol. The van der Waals surface area contributed by atoms with Gasteiger partial charge in [0.1, 0.15) is 17.5 Å². The summed E-state index contributed by atoms with van der Waals surface area (Å²) in [6, 6.07) is 7.31. The second-order valence-electron chi connectivity index (χ2n) is 5.40. The van der Waals surface area contributed by atoms with Crippen LogP contribution < -0.4 is 11.1 Å². The first-order chi connectivity index (χ1) is 12.3. The van der Waals surface area contributed by atoms with Crippen LogP contribution in [0.25, 0.3) is 5.57 Å². The smallest absolute Gasteiger partial charge is 0.331 e. The van der Waals surface area contributed by atoms with Crippen LogP contribution in [0.4, 0.5) is 27.6 Å². The minimum atomic E-state index is -2.94. The highest BCUT2D eigenvalue weighted by Gasteiger charge is 2.12. The maximum Gasteiger partial charge on any atom is 0.331 e. The Hall–Kier alpha value is -2.90. The quantitative estimate of drug-likeness (QED) is 0.441. The van der Waals surface area contributed by atoms with E-state index < -0.39 is 24.0 Å². The molecule has 8 heteroatoms. The van der Waals surface area contributed by atoms with Crippen LogP contribution in [-0.2, 0) is 6.54 Å². The molecule has 0 bridgehead atoms. The Morgan fingerprint density at radius 1 is 1.12 bits per heavy atom. The Morgan fingerprint density at radius 2 is 1.77 bits per heavy atom. The molecule has 3 nitrogen and oxygen atoms in total. The molecule has 138 valence electrons. The van der Waals surface area contributed by atoms with Gasteiger partial charge in [0.15, 0.2) is 0 Å². The van der Waals surface area contributed by atoms with Gasteiger partial charge in [-0.2, -0.15) is 8.78 Å². The van der Waals surface area contributed by atoms with Crippen molar-refractivity contribution in [2.24, 2.45) is 10.7 Å². The third-order valence-corrected chi connectivity index (χ3v) is 3.53. The average molecular weight is 369 g/mol. The molecule has 0 aliphatic rings. The summed E-state index contributed by atoms with van der Waals surface area (Å²) in [5.74, 6) is -2.19. The lowest BCUT2D eigenvalue weighted by Crippen LogP contribution is -2.06. The summed E-state index contributed by atoms with van der Waals surface area (Å²) >= 11 is 0. The van der Waals surface area contributed by atoms with Gasteiger partial charge >= 0.3 is 6.55 Å². The van der Waals surface area contributed by atoms with Crippen molar-refractivity contribution in [2.75, 3.05) is 5.32 Å². The lowest BCUT2D eigenvalue weighted by molar-refractivity contribution is 0.161. The van der Waals surface area contributed by atoms with Gasteiger partial charge in [-0.1, -0.05) is 6.07 Å². The van der Waals surface area contributed by atoms with E-state index in [0.717, 1.165) is 24.4 Å². The Morgan fingerprint density at radius 3 is 2.31 bits per heavy atom. The number of nitrogens with zero attached hydrogens (tertiary/aromatic N) is 1. The summed E-state index contributed by atoms with van der Waals surface area (Å²) in [6.07, 6.45) is 0.806. The molecule has 0 aromatic heterocycles. The number of alkyl halides is 2. The minimum absolute atomic E-state index is 0.0166. The molecule has 0 heterocycles. The van der Waals surface area contributed by atoms with E-state index in [4.69, 9.17) is 5.73 Å². The van der Waals surface area contributed by atoms with Gasteiger partial charge in [0.05, 0.1) is 0 Å². The van der Waals surface area contributed by atoms with Crippen molar-refractivity contribution < 1.29 is 22.0 Å². The molecule has 0 saturated heterocycles. The molecule has 26 heavy (non-hydrogen) atoms. The normalized spacial score (nSPS) is 12.6. The largest absolute Gasteiger partial charge is 0.402 e. The Bertz CT molecular complexity index is 822. The third-order valence-electron chi connectivity index (χ3n) is 3.53. The van der Waals surface area contributed by atoms with Crippen LogP contribution in [-0.4, -0.2) is 12.8 Å². The van der Waals surface area contributed by atoms with Gasteiger partial charge < -0.3 is 11.1 Å². The first kappa shape index (κ1) is 19.4. The zero-order valence-corrected chi connectivity index (χ0v) is 13.7. The van der Waals surface area contributed by atoms with E-state index in [2.05, 4.69) is 10.3 Å². The van der Waals surface area contributed by atoms with Crippen LogP contribution in [0.3, 0.4) is 0 Å². The van der Waals surface area contributed by atoms with Gasteiger partial charge in [0.25, 0.3) is 0 Å². The van der Waals surface area contributed by atoms with E-state index >= 15 is 0 Å². The van der Waals surface area contributed by atoms with Crippen LogP contribution in [0.2, 0.25) is 0 Å². The fourth-order valence-corrected chi connectivity index (χ4v) is 2.25. The van der Waals surface area contributed by atoms with E-state index in [0.29, 0.717) is 0 Å². The first-order valence-corrected chi connectivity index (χ1v) is 7.54. The number of benzene rings is 2. The molecular weight excluding hydrogens is 353 g/mol. The number of hydrogen-bond donors (Lipinski definition) is 2.